The van der Waals surface area contributed by atoms with E-state index >= 15 is 0 Å². The summed E-state index contributed by atoms with van der Waals surface area (Å²) < 4.78 is 28.8. The number of hydrogen-bond donors (Lipinski definition) is 0. The number of aromatic nitrogens is 1. The number of ether oxygens (including phenoxy) is 3. The van der Waals surface area contributed by atoms with E-state index in [-0.39, 0.29) is 5.82 Å². The summed E-state index contributed by atoms with van der Waals surface area (Å²) in [5.74, 6) is 1.12. The molecule has 0 bridgehead atoms. The molecular weight excluding hydrogens is 249 g/mol. The third-order valence-corrected chi connectivity index (χ3v) is 2.34. The third kappa shape index (κ3) is 3.84. The third-order valence-electron chi connectivity index (χ3n) is 2.34. The van der Waals surface area contributed by atoms with Gasteiger partial charge in [-0.3, -0.25) is 0 Å². The minimum atomic E-state index is -0.327. The van der Waals surface area contributed by atoms with E-state index in [0.29, 0.717) is 30.6 Å². The molecule has 0 fully saturated rings. The fourth-order valence-electron chi connectivity index (χ4n) is 1.51. The van der Waals surface area contributed by atoms with Crippen LogP contribution in [0.2, 0.25) is 0 Å². The van der Waals surface area contributed by atoms with Gasteiger partial charge in [-0.1, -0.05) is 6.07 Å². The summed E-state index contributed by atoms with van der Waals surface area (Å²) in [6, 6.07) is 9.48. The lowest BCUT2D eigenvalue weighted by molar-refractivity contribution is 0.209. The Labute approximate surface area is 110 Å². The van der Waals surface area contributed by atoms with Crippen LogP contribution >= 0.6 is 0 Å². The Morgan fingerprint density at radius 2 is 1.95 bits per heavy atom. The maximum absolute atomic E-state index is 12.9. The van der Waals surface area contributed by atoms with Crippen LogP contribution in [0.15, 0.2) is 42.6 Å². The highest BCUT2D eigenvalue weighted by Gasteiger charge is 2.04. The van der Waals surface area contributed by atoms with Gasteiger partial charge in [0.1, 0.15) is 24.8 Å². The number of hydrogen-bond acceptors (Lipinski definition) is 4. The Hall–Kier alpha value is -2.30. The van der Waals surface area contributed by atoms with Gasteiger partial charge in [0.05, 0.1) is 7.11 Å². The molecule has 0 aliphatic carbocycles. The molecular formula is C14H14FNO3. The summed E-state index contributed by atoms with van der Waals surface area (Å²) in [6.45, 7) is 0.625. The molecule has 5 heteroatoms. The molecule has 0 saturated carbocycles. The molecule has 0 saturated heterocycles. The second kappa shape index (κ2) is 6.58. The quantitative estimate of drug-likeness (QED) is 0.751. The SMILES string of the molecule is COc1ncccc1OCCOc1cccc(F)c1. The van der Waals surface area contributed by atoms with Crippen molar-refractivity contribution in [1.82, 2.24) is 4.98 Å². The van der Waals surface area contributed by atoms with E-state index < -0.39 is 0 Å². The van der Waals surface area contributed by atoms with Gasteiger partial charge in [0, 0.05) is 12.3 Å². The van der Waals surface area contributed by atoms with Crippen LogP contribution in [0.1, 0.15) is 0 Å². The lowest BCUT2D eigenvalue weighted by Crippen LogP contribution is -2.09. The van der Waals surface area contributed by atoms with Gasteiger partial charge in [-0.25, -0.2) is 9.37 Å². The maximum Gasteiger partial charge on any atom is 0.256 e. The van der Waals surface area contributed by atoms with Crippen molar-refractivity contribution in [1.29, 1.82) is 0 Å². The van der Waals surface area contributed by atoms with Crippen molar-refractivity contribution < 1.29 is 18.6 Å². The molecule has 1 aromatic heterocycles. The van der Waals surface area contributed by atoms with Crippen LogP contribution < -0.4 is 14.2 Å². The fraction of sp³-hybridized carbons (Fsp3) is 0.214. The molecule has 0 spiro atoms. The van der Waals surface area contributed by atoms with Gasteiger partial charge in [0.2, 0.25) is 0 Å². The molecule has 2 rings (SSSR count). The molecule has 19 heavy (non-hydrogen) atoms. The van der Waals surface area contributed by atoms with Crippen molar-refractivity contribution in [2.45, 2.75) is 0 Å². The topological polar surface area (TPSA) is 40.6 Å². The van der Waals surface area contributed by atoms with Crippen LogP contribution in [0.25, 0.3) is 0 Å². The average molecular weight is 263 g/mol. The molecule has 0 atom stereocenters. The van der Waals surface area contributed by atoms with E-state index in [1.807, 2.05) is 0 Å². The second-order valence-corrected chi connectivity index (χ2v) is 3.67. The summed E-state index contributed by atoms with van der Waals surface area (Å²) in [6.07, 6.45) is 1.62. The van der Waals surface area contributed by atoms with Gasteiger partial charge in [-0.2, -0.15) is 0 Å². The largest absolute Gasteiger partial charge is 0.490 e. The van der Waals surface area contributed by atoms with E-state index in [4.69, 9.17) is 14.2 Å². The maximum atomic E-state index is 12.9. The zero-order valence-electron chi connectivity index (χ0n) is 10.5. The number of halogens is 1. The fourth-order valence-corrected chi connectivity index (χ4v) is 1.51. The number of nitrogens with zero attached hydrogens (tertiary/aromatic N) is 1. The first-order valence-corrected chi connectivity index (χ1v) is 5.80. The van der Waals surface area contributed by atoms with E-state index in [1.165, 1.54) is 19.2 Å². The van der Waals surface area contributed by atoms with Crippen LogP contribution in [0.3, 0.4) is 0 Å². The van der Waals surface area contributed by atoms with E-state index in [0.717, 1.165) is 0 Å². The Kier molecular flexibility index (Phi) is 4.55. The highest BCUT2D eigenvalue weighted by Crippen LogP contribution is 2.22. The zero-order chi connectivity index (χ0) is 13.5. The van der Waals surface area contributed by atoms with Gasteiger partial charge in [0.25, 0.3) is 5.88 Å². The van der Waals surface area contributed by atoms with Gasteiger partial charge in [-0.15, -0.1) is 0 Å². The van der Waals surface area contributed by atoms with Gasteiger partial charge < -0.3 is 14.2 Å². The van der Waals surface area contributed by atoms with E-state index in [1.54, 1.807) is 30.5 Å². The minimum absolute atomic E-state index is 0.307. The van der Waals surface area contributed by atoms with Crippen molar-refractivity contribution >= 4 is 0 Å². The summed E-state index contributed by atoms with van der Waals surface area (Å²) in [5.41, 5.74) is 0. The lowest BCUT2D eigenvalue weighted by Gasteiger charge is -2.10. The standard InChI is InChI=1S/C14H14FNO3/c1-17-14-13(6-3-7-16-14)19-9-8-18-12-5-2-4-11(15)10-12/h2-7,10H,8-9H2,1H3. The Morgan fingerprint density at radius 1 is 1.11 bits per heavy atom. The van der Waals surface area contributed by atoms with Gasteiger partial charge in [-0.05, 0) is 24.3 Å². The van der Waals surface area contributed by atoms with E-state index in [2.05, 4.69) is 4.98 Å². The molecule has 0 radical (unpaired) electrons. The lowest BCUT2D eigenvalue weighted by atomic mass is 10.3. The van der Waals surface area contributed by atoms with Crippen molar-refractivity contribution in [3.05, 3.63) is 48.4 Å². The Bertz CT molecular complexity index is 534. The Balaban J connectivity index is 1.81. The second-order valence-electron chi connectivity index (χ2n) is 3.67. The van der Waals surface area contributed by atoms with Crippen molar-refractivity contribution in [3.63, 3.8) is 0 Å². The number of methoxy groups -OCH3 is 1. The number of pyridine rings is 1. The molecule has 0 unspecified atom stereocenters. The molecule has 100 valence electrons. The summed E-state index contributed by atoms with van der Waals surface area (Å²) in [5, 5.41) is 0. The average Bonchev–Trinajstić information content (AvgIpc) is 2.44. The highest BCUT2D eigenvalue weighted by molar-refractivity contribution is 5.32. The highest BCUT2D eigenvalue weighted by atomic mass is 19.1. The zero-order valence-corrected chi connectivity index (χ0v) is 10.5. The van der Waals surface area contributed by atoms with Crippen molar-refractivity contribution in [3.8, 4) is 17.4 Å². The Morgan fingerprint density at radius 3 is 2.74 bits per heavy atom. The predicted octanol–water partition coefficient (Wildman–Crippen LogP) is 2.69. The number of benzene rings is 1. The summed E-state index contributed by atoms with van der Waals surface area (Å²) >= 11 is 0. The first-order chi connectivity index (χ1) is 9.29. The van der Waals surface area contributed by atoms with Crippen molar-refractivity contribution in [2.75, 3.05) is 20.3 Å². The van der Waals surface area contributed by atoms with Crippen LogP contribution in [-0.4, -0.2) is 25.3 Å². The first-order valence-electron chi connectivity index (χ1n) is 5.80. The molecule has 2 aromatic rings. The van der Waals surface area contributed by atoms with Crippen molar-refractivity contribution in [2.24, 2.45) is 0 Å². The molecule has 1 heterocycles. The normalized spacial score (nSPS) is 10.0. The molecule has 0 amide bonds. The van der Waals surface area contributed by atoms with Crippen LogP contribution in [0, 0.1) is 5.82 Å². The minimum Gasteiger partial charge on any atom is -0.490 e. The van der Waals surface area contributed by atoms with Gasteiger partial charge in [0.15, 0.2) is 5.75 Å². The smallest absolute Gasteiger partial charge is 0.256 e. The van der Waals surface area contributed by atoms with E-state index in [9.17, 15) is 4.39 Å². The van der Waals surface area contributed by atoms with Crippen LogP contribution in [0.4, 0.5) is 4.39 Å². The molecule has 0 aliphatic heterocycles. The van der Waals surface area contributed by atoms with Gasteiger partial charge >= 0.3 is 0 Å². The molecule has 0 aliphatic rings. The molecule has 4 nitrogen and oxygen atoms in total. The summed E-state index contributed by atoms with van der Waals surface area (Å²) in [7, 11) is 1.53. The summed E-state index contributed by atoms with van der Waals surface area (Å²) in [4.78, 5) is 4.01. The molecule has 0 N–H and O–H groups in total. The number of rotatable bonds is 6. The monoisotopic (exact) mass is 263 g/mol. The first kappa shape index (κ1) is 13.1. The van der Waals surface area contributed by atoms with Crippen LogP contribution in [0.5, 0.6) is 17.4 Å². The van der Waals surface area contributed by atoms with Crippen LogP contribution in [-0.2, 0) is 0 Å². The molecule has 1 aromatic carbocycles. The predicted molar refractivity (Wildman–Crippen MR) is 68.2 cm³/mol.